The molecule has 0 aliphatic carbocycles. The topological polar surface area (TPSA) is 88.2 Å². The maximum absolute atomic E-state index is 13.9. The van der Waals surface area contributed by atoms with Crippen LogP contribution >= 0.6 is 11.8 Å². The van der Waals surface area contributed by atoms with Gasteiger partial charge < -0.3 is 14.8 Å². The van der Waals surface area contributed by atoms with Gasteiger partial charge in [-0.15, -0.1) is 0 Å². The molecule has 0 bridgehead atoms. The third-order valence-corrected chi connectivity index (χ3v) is 5.47. The Morgan fingerprint density at radius 2 is 1.90 bits per heavy atom. The second kappa shape index (κ2) is 9.23. The summed E-state index contributed by atoms with van der Waals surface area (Å²) in [5.41, 5.74) is 1.10. The van der Waals surface area contributed by atoms with Crippen LogP contribution in [0.25, 0.3) is 11.0 Å². The van der Waals surface area contributed by atoms with E-state index in [1.54, 1.807) is 30.6 Å². The normalized spacial score (nSPS) is 12.1. The Labute approximate surface area is 180 Å². The van der Waals surface area contributed by atoms with Crippen molar-refractivity contribution >= 4 is 28.6 Å². The van der Waals surface area contributed by atoms with Crippen molar-refractivity contribution in [1.82, 2.24) is 15.3 Å². The average molecular weight is 441 g/mol. The highest BCUT2D eigenvalue weighted by atomic mass is 32.2. The molecule has 0 spiro atoms. The molecule has 2 heterocycles. The summed E-state index contributed by atoms with van der Waals surface area (Å²) < 4.78 is 32.7. The molecule has 0 saturated carbocycles. The number of amides is 1. The van der Waals surface area contributed by atoms with Crippen molar-refractivity contribution in [2.24, 2.45) is 0 Å². The maximum atomic E-state index is 13.9. The van der Waals surface area contributed by atoms with E-state index in [1.807, 2.05) is 12.1 Å². The lowest BCUT2D eigenvalue weighted by molar-refractivity contribution is 0.0888. The van der Waals surface area contributed by atoms with E-state index in [2.05, 4.69) is 15.3 Å². The van der Waals surface area contributed by atoms with Gasteiger partial charge in [0.05, 0.1) is 6.10 Å². The zero-order chi connectivity index (χ0) is 21.8. The number of benzene rings is 2. The number of nitrogens with one attached hydrogen (secondary N) is 1. The Morgan fingerprint density at radius 3 is 2.68 bits per heavy atom. The van der Waals surface area contributed by atoms with Crippen LogP contribution in [0.3, 0.4) is 0 Å². The van der Waals surface area contributed by atoms with Crippen LogP contribution in [0, 0.1) is 11.6 Å². The smallest absolute Gasteiger partial charge is 0.287 e. The van der Waals surface area contributed by atoms with E-state index in [0.717, 1.165) is 17.5 Å². The van der Waals surface area contributed by atoms with Gasteiger partial charge in [-0.25, -0.2) is 18.7 Å². The molecule has 2 N–H and O–H groups in total. The number of aliphatic hydroxyl groups is 1. The highest BCUT2D eigenvalue weighted by Gasteiger charge is 2.22. The number of para-hydroxylation sites is 1. The standard InChI is InChI=1S/C22H17F2N3O3S/c23-13-6-7-15(17(24)10-13)18(28)11-27-21(29)20-16(12-31-22-25-8-3-9-26-22)14-4-1-2-5-19(14)30-20/h1-10,18,28H,11-12H2,(H,27,29). The summed E-state index contributed by atoms with van der Waals surface area (Å²) in [6.45, 7) is -0.271. The quantitative estimate of drug-likeness (QED) is 0.329. The van der Waals surface area contributed by atoms with Gasteiger partial charge in [-0.1, -0.05) is 36.0 Å². The second-order valence-electron chi connectivity index (χ2n) is 6.62. The highest BCUT2D eigenvalue weighted by molar-refractivity contribution is 7.98. The van der Waals surface area contributed by atoms with Crippen LogP contribution in [0.1, 0.15) is 27.8 Å². The van der Waals surface area contributed by atoms with E-state index < -0.39 is 23.6 Å². The number of halogens is 2. The Kier molecular flexibility index (Phi) is 6.24. The first-order valence-electron chi connectivity index (χ1n) is 9.34. The van der Waals surface area contributed by atoms with Gasteiger partial charge >= 0.3 is 0 Å². The molecule has 4 aromatic rings. The molecule has 2 aromatic carbocycles. The summed E-state index contributed by atoms with van der Waals surface area (Å²) in [6.07, 6.45) is 1.92. The monoisotopic (exact) mass is 441 g/mol. The second-order valence-corrected chi connectivity index (χ2v) is 7.56. The van der Waals surface area contributed by atoms with E-state index in [1.165, 1.54) is 11.8 Å². The van der Waals surface area contributed by atoms with Gasteiger partial charge in [0.1, 0.15) is 17.2 Å². The number of furan rings is 1. The fourth-order valence-electron chi connectivity index (χ4n) is 3.07. The Bertz CT molecular complexity index is 1220. The van der Waals surface area contributed by atoms with E-state index in [0.29, 0.717) is 28.1 Å². The highest BCUT2D eigenvalue weighted by Crippen LogP contribution is 2.31. The number of aliphatic hydroxyl groups excluding tert-OH is 1. The number of fused-ring (bicyclic) bond motifs is 1. The number of carbonyl (C=O) groups is 1. The van der Waals surface area contributed by atoms with Crippen molar-refractivity contribution in [3.63, 3.8) is 0 Å². The summed E-state index contributed by atoms with van der Waals surface area (Å²) in [6, 6.07) is 11.8. The van der Waals surface area contributed by atoms with Crippen LogP contribution < -0.4 is 5.32 Å². The van der Waals surface area contributed by atoms with E-state index >= 15 is 0 Å². The summed E-state index contributed by atoms with van der Waals surface area (Å²) in [5.74, 6) is -1.70. The molecule has 0 aliphatic heterocycles. The van der Waals surface area contributed by atoms with Crippen LogP contribution in [0.2, 0.25) is 0 Å². The van der Waals surface area contributed by atoms with Crippen molar-refractivity contribution in [1.29, 1.82) is 0 Å². The van der Waals surface area contributed by atoms with Crippen LogP contribution in [0.5, 0.6) is 0 Å². The molecule has 0 saturated heterocycles. The van der Waals surface area contributed by atoms with Crippen molar-refractivity contribution in [3.05, 3.63) is 89.4 Å². The number of rotatable bonds is 7. The number of hydrogen-bond donors (Lipinski definition) is 2. The fraction of sp³-hybridized carbons (Fsp3) is 0.136. The summed E-state index contributed by atoms with van der Waals surface area (Å²) in [7, 11) is 0. The SMILES string of the molecule is O=C(NCC(O)c1ccc(F)cc1F)c1oc2ccccc2c1CSc1ncccn1. The fourth-order valence-corrected chi connectivity index (χ4v) is 3.90. The number of thioether (sulfide) groups is 1. The Morgan fingerprint density at radius 1 is 1.13 bits per heavy atom. The lowest BCUT2D eigenvalue weighted by Gasteiger charge is -2.13. The minimum atomic E-state index is -1.34. The minimum Gasteiger partial charge on any atom is -0.451 e. The molecule has 9 heteroatoms. The third-order valence-electron chi connectivity index (χ3n) is 4.57. The molecule has 0 aliphatic rings. The average Bonchev–Trinajstić information content (AvgIpc) is 3.15. The Hall–Kier alpha value is -3.30. The summed E-state index contributed by atoms with van der Waals surface area (Å²) in [4.78, 5) is 21.1. The predicted molar refractivity (Wildman–Crippen MR) is 111 cm³/mol. The van der Waals surface area contributed by atoms with Crippen LogP contribution in [-0.4, -0.2) is 27.5 Å². The molecular formula is C22H17F2N3O3S. The largest absolute Gasteiger partial charge is 0.451 e. The van der Waals surface area contributed by atoms with Crippen molar-refractivity contribution in [3.8, 4) is 0 Å². The number of hydrogen-bond acceptors (Lipinski definition) is 6. The van der Waals surface area contributed by atoms with Gasteiger partial charge in [0.25, 0.3) is 5.91 Å². The van der Waals surface area contributed by atoms with Crippen molar-refractivity contribution in [2.75, 3.05) is 6.54 Å². The van der Waals surface area contributed by atoms with Gasteiger partial charge in [0.15, 0.2) is 10.9 Å². The van der Waals surface area contributed by atoms with Crippen LogP contribution in [0.4, 0.5) is 8.78 Å². The van der Waals surface area contributed by atoms with Crippen LogP contribution in [-0.2, 0) is 5.75 Å². The molecular weight excluding hydrogens is 424 g/mol. The summed E-state index contributed by atoms with van der Waals surface area (Å²) >= 11 is 1.35. The van der Waals surface area contributed by atoms with Gasteiger partial charge in [0.2, 0.25) is 0 Å². The molecule has 0 fully saturated rings. The minimum absolute atomic E-state index is 0.0939. The lowest BCUT2D eigenvalue weighted by atomic mass is 10.1. The zero-order valence-corrected chi connectivity index (χ0v) is 16.9. The van der Waals surface area contributed by atoms with Crippen LogP contribution in [0.15, 0.2) is 70.5 Å². The molecule has 4 rings (SSSR count). The first kappa shape index (κ1) is 21.0. The van der Waals surface area contributed by atoms with E-state index in [-0.39, 0.29) is 17.9 Å². The molecule has 31 heavy (non-hydrogen) atoms. The molecule has 1 amide bonds. The Balaban J connectivity index is 1.53. The number of nitrogens with zero attached hydrogens (tertiary/aromatic N) is 2. The zero-order valence-electron chi connectivity index (χ0n) is 16.1. The predicted octanol–water partition coefficient (Wildman–Crippen LogP) is 4.26. The van der Waals surface area contributed by atoms with Gasteiger partial charge in [-0.05, 0) is 18.2 Å². The molecule has 2 aromatic heterocycles. The van der Waals surface area contributed by atoms with Gasteiger partial charge in [-0.3, -0.25) is 4.79 Å². The lowest BCUT2D eigenvalue weighted by Crippen LogP contribution is -2.29. The third kappa shape index (κ3) is 4.73. The molecule has 158 valence electrons. The molecule has 1 atom stereocenters. The molecule has 6 nitrogen and oxygen atoms in total. The number of carbonyl (C=O) groups excluding carboxylic acids is 1. The molecule has 0 radical (unpaired) electrons. The van der Waals surface area contributed by atoms with Gasteiger partial charge in [0, 0.05) is 47.3 Å². The van der Waals surface area contributed by atoms with Crippen molar-refractivity contribution < 1.29 is 23.1 Å². The van der Waals surface area contributed by atoms with Gasteiger partial charge in [-0.2, -0.15) is 0 Å². The first-order chi connectivity index (χ1) is 15.0. The van der Waals surface area contributed by atoms with E-state index in [9.17, 15) is 18.7 Å². The maximum Gasteiger partial charge on any atom is 0.287 e. The summed E-state index contributed by atoms with van der Waals surface area (Å²) in [5, 5.41) is 14.1. The first-order valence-corrected chi connectivity index (χ1v) is 10.3. The van der Waals surface area contributed by atoms with E-state index in [4.69, 9.17) is 4.42 Å². The van der Waals surface area contributed by atoms with Crippen molar-refractivity contribution in [2.45, 2.75) is 17.0 Å². The molecule has 1 unspecified atom stereocenters. The number of aromatic nitrogens is 2.